The molecule has 1 heterocycles. The molecular formula is C5H4N2O2S. The van der Waals surface area contributed by atoms with Gasteiger partial charge < -0.3 is 5.11 Å². The lowest BCUT2D eigenvalue weighted by Crippen LogP contribution is -1.86. The van der Waals surface area contributed by atoms with Crippen molar-refractivity contribution in [2.75, 3.05) is 0 Å². The fourth-order valence-corrected chi connectivity index (χ4v) is 0.834. The van der Waals surface area contributed by atoms with Gasteiger partial charge in [-0.15, -0.1) is 0 Å². The summed E-state index contributed by atoms with van der Waals surface area (Å²) >= 11 is 0.641. The number of aromatic nitrogens is 2. The molecule has 0 saturated carbocycles. The topological polar surface area (TPSA) is 63.1 Å². The van der Waals surface area contributed by atoms with E-state index in [1.54, 1.807) is 0 Å². The minimum atomic E-state index is -0.972. The maximum atomic E-state index is 10.1. The highest BCUT2D eigenvalue weighted by molar-refractivity contribution is 8.13. The van der Waals surface area contributed by atoms with E-state index >= 15 is 0 Å². The normalized spacial score (nSPS) is 9.20. The summed E-state index contributed by atoms with van der Waals surface area (Å²) in [5.41, 5.74) is 0. The molecule has 0 aliphatic carbocycles. The van der Waals surface area contributed by atoms with Crippen LogP contribution in [0.15, 0.2) is 23.6 Å². The Morgan fingerprint density at radius 3 is 2.90 bits per heavy atom. The van der Waals surface area contributed by atoms with E-state index in [9.17, 15) is 4.79 Å². The summed E-state index contributed by atoms with van der Waals surface area (Å²) in [4.78, 5) is 17.5. The van der Waals surface area contributed by atoms with Crippen LogP contribution in [0.1, 0.15) is 0 Å². The van der Waals surface area contributed by atoms with Gasteiger partial charge in [-0.2, -0.15) is 0 Å². The molecule has 4 nitrogen and oxygen atoms in total. The van der Waals surface area contributed by atoms with Crippen molar-refractivity contribution >= 4 is 17.1 Å². The third kappa shape index (κ3) is 2.02. The van der Waals surface area contributed by atoms with Crippen LogP contribution in [0.2, 0.25) is 0 Å². The molecule has 0 unspecified atom stereocenters. The van der Waals surface area contributed by atoms with Gasteiger partial charge in [-0.25, -0.2) is 9.78 Å². The van der Waals surface area contributed by atoms with Crippen molar-refractivity contribution in [2.24, 2.45) is 0 Å². The van der Waals surface area contributed by atoms with Crippen LogP contribution in [0.25, 0.3) is 0 Å². The molecule has 0 aromatic carbocycles. The van der Waals surface area contributed by atoms with Gasteiger partial charge in [0.2, 0.25) is 0 Å². The first kappa shape index (κ1) is 7.01. The summed E-state index contributed by atoms with van der Waals surface area (Å²) in [6.07, 6.45) is 4.34. The third-order valence-electron chi connectivity index (χ3n) is 0.731. The molecule has 0 saturated heterocycles. The van der Waals surface area contributed by atoms with Crippen molar-refractivity contribution in [1.82, 2.24) is 9.97 Å². The molecule has 0 spiro atoms. The molecule has 0 amide bonds. The Labute approximate surface area is 61.3 Å². The molecule has 0 aliphatic rings. The molecule has 0 bridgehead atoms. The first-order valence-corrected chi connectivity index (χ1v) is 3.27. The minimum absolute atomic E-state index is 0.398. The van der Waals surface area contributed by atoms with Crippen LogP contribution in [-0.4, -0.2) is 20.4 Å². The van der Waals surface area contributed by atoms with E-state index in [-0.39, 0.29) is 0 Å². The SMILES string of the molecule is O=C(O)Sc1cnccn1. The molecule has 52 valence electrons. The molecule has 0 atom stereocenters. The Morgan fingerprint density at radius 2 is 2.40 bits per heavy atom. The molecule has 10 heavy (non-hydrogen) atoms. The van der Waals surface area contributed by atoms with Gasteiger partial charge >= 0.3 is 5.30 Å². The first-order valence-electron chi connectivity index (χ1n) is 2.46. The van der Waals surface area contributed by atoms with E-state index in [1.807, 2.05) is 0 Å². The Bertz CT molecular complexity index is 226. The third-order valence-corrected chi connectivity index (χ3v) is 1.33. The number of carboxylic acid groups (broad SMARTS) is 1. The second kappa shape index (κ2) is 3.17. The van der Waals surface area contributed by atoms with Gasteiger partial charge in [0.25, 0.3) is 0 Å². The zero-order valence-electron chi connectivity index (χ0n) is 4.89. The van der Waals surface area contributed by atoms with Crippen LogP contribution in [0.3, 0.4) is 0 Å². The Balaban J connectivity index is 2.67. The van der Waals surface area contributed by atoms with E-state index in [2.05, 4.69) is 9.97 Å². The molecule has 1 aromatic rings. The lowest BCUT2D eigenvalue weighted by atomic mass is 10.8. The van der Waals surface area contributed by atoms with E-state index in [4.69, 9.17) is 5.11 Å². The van der Waals surface area contributed by atoms with Crippen LogP contribution in [0, 0.1) is 0 Å². The zero-order valence-corrected chi connectivity index (χ0v) is 5.71. The predicted octanol–water partition coefficient (Wildman–Crippen LogP) is 1.25. The molecule has 0 radical (unpaired) electrons. The Kier molecular flexibility index (Phi) is 2.22. The van der Waals surface area contributed by atoms with Crippen molar-refractivity contribution in [1.29, 1.82) is 0 Å². The second-order valence-electron chi connectivity index (χ2n) is 1.41. The van der Waals surface area contributed by atoms with Crippen LogP contribution in [0.5, 0.6) is 0 Å². The maximum Gasteiger partial charge on any atom is 0.371 e. The van der Waals surface area contributed by atoms with E-state index in [1.165, 1.54) is 18.6 Å². The summed E-state index contributed by atoms with van der Waals surface area (Å²) in [5, 5.41) is 7.69. The predicted molar refractivity (Wildman–Crippen MR) is 35.9 cm³/mol. The van der Waals surface area contributed by atoms with Gasteiger partial charge in [0, 0.05) is 24.2 Å². The van der Waals surface area contributed by atoms with Crippen LogP contribution < -0.4 is 0 Å². The summed E-state index contributed by atoms with van der Waals surface area (Å²) < 4.78 is 0. The van der Waals surface area contributed by atoms with E-state index in [0.29, 0.717) is 16.8 Å². The monoisotopic (exact) mass is 156 g/mol. The first-order chi connectivity index (χ1) is 4.79. The zero-order chi connectivity index (χ0) is 7.40. The minimum Gasteiger partial charge on any atom is -0.473 e. The second-order valence-corrected chi connectivity index (χ2v) is 2.38. The van der Waals surface area contributed by atoms with Crippen molar-refractivity contribution in [2.45, 2.75) is 5.03 Å². The largest absolute Gasteiger partial charge is 0.473 e. The highest BCUT2D eigenvalue weighted by atomic mass is 32.2. The number of thioether (sulfide) groups is 1. The van der Waals surface area contributed by atoms with Crippen molar-refractivity contribution in [3.8, 4) is 0 Å². The van der Waals surface area contributed by atoms with Gasteiger partial charge in [0.1, 0.15) is 5.03 Å². The Morgan fingerprint density at radius 1 is 1.60 bits per heavy atom. The summed E-state index contributed by atoms with van der Waals surface area (Å²) in [6.45, 7) is 0. The summed E-state index contributed by atoms with van der Waals surface area (Å²) in [5.74, 6) is 0. The highest BCUT2D eigenvalue weighted by Crippen LogP contribution is 2.12. The van der Waals surface area contributed by atoms with Crippen LogP contribution >= 0.6 is 11.8 Å². The van der Waals surface area contributed by atoms with Crippen LogP contribution in [0.4, 0.5) is 4.79 Å². The van der Waals surface area contributed by atoms with Crippen molar-refractivity contribution < 1.29 is 9.90 Å². The van der Waals surface area contributed by atoms with E-state index < -0.39 is 5.30 Å². The van der Waals surface area contributed by atoms with Gasteiger partial charge in [-0.3, -0.25) is 4.98 Å². The fraction of sp³-hybridized carbons (Fsp3) is 0. The smallest absolute Gasteiger partial charge is 0.371 e. The quantitative estimate of drug-likeness (QED) is 0.620. The average molecular weight is 156 g/mol. The maximum absolute atomic E-state index is 10.1. The van der Waals surface area contributed by atoms with E-state index in [0.717, 1.165) is 0 Å². The average Bonchev–Trinajstić information content (AvgIpc) is 1.88. The summed E-state index contributed by atoms with van der Waals surface area (Å²) in [7, 11) is 0. The molecule has 1 rings (SSSR count). The standard InChI is InChI=1S/C5H4N2O2S/c8-5(9)10-4-3-6-1-2-7-4/h1-3H,(H,8,9). The molecule has 1 N–H and O–H groups in total. The number of hydrogen-bond donors (Lipinski definition) is 1. The molecule has 5 heteroatoms. The van der Waals surface area contributed by atoms with Crippen LogP contribution in [-0.2, 0) is 0 Å². The Hall–Kier alpha value is -1.10. The van der Waals surface area contributed by atoms with Crippen molar-refractivity contribution in [3.05, 3.63) is 18.6 Å². The lowest BCUT2D eigenvalue weighted by Gasteiger charge is -1.89. The number of carbonyl (C=O) groups is 1. The fourth-order valence-electron chi connectivity index (χ4n) is 0.428. The molecule has 0 fully saturated rings. The van der Waals surface area contributed by atoms with Crippen molar-refractivity contribution in [3.63, 3.8) is 0 Å². The van der Waals surface area contributed by atoms with Gasteiger partial charge in [-0.05, 0) is 0 Å². The number of nitrogens with zero attached hydrogens (tertiary/aromatic N) is 2. The summed E-state index contributed by atoms with van der Waals surface area (Å²) in [6, 6.07) is 0. The highest BCUT2D eigenvalue weighted by Gasteiger charge is 2.00. The lowest BCUT2D eigenvalue weighted by molar-refractivity contribution is 0.222. The van der Waals surface area contributed by atoms with Gasteiger partial charge in [0.15, 0.2) is 0 Å². The molecule has 1 aromatic heterocycles. The molecule has 0 aliphatic heterocycles. The number of hydrogen-bond acceptors (Lipinski definition) is 4. The van der Waals surface area contributed by atoms with Gasteiger partial charge in [-0.1, -0.05) is 0 Å². The van der Waals surface area contributed by atoms with Gasteiger partial charge in [0.05, 0.1) is 6.20 Å². The number of rotatable bonds is 1. The molecular weight excluding hydrogens is 152 g/mol.